The third kappa shape index (κ3) is 4.61. The highest BCUT2D eigenvalue weighted by molar-refractivity contribution is 5.96. The molecule has 4 rings (SSSR count). The molecule has 2 aliphatic heterocycles. The number of nitrogens with one attached hydrogen (secondary N) is 1. The van der Waals surface area contributed by atoms with Crippen molar-refractivity contribution in [3.05, 3.63) is 47.5 Å². The lowest BCUT2D eigenvalue weighted by Gasteiger charge is -2.33. The largest absolute Gasteiger partial charge is 0.335 e. The van der Waals surface area contributed by atoms with Gasteiger partial charge in [-0.3, -0.25) is 19.3 Å². The number of imidazole rings is 1. The van der Waals surface area contributed by atoms with Crippen LogP contribution in [0.1, 0.15) is 33.6 Å². The average molecular weight is 425 g/mol. The van der Waals surface area contributed by atoms with E-state index in [1.807, 2.05) is 43.0 Å². The molecule has 9 nitrogen and oxygen atoms in total. The number of carbonyl (C=O) groups is 3. The zero-order valence-corrected chi connectivity index (χ0v) is 18.0. The van der Waals surface area contributed by atoms with Crippen LogP contribution in [0.4, 0.5) is 5.69 Å². The highest BCUT2D eigenvalue weighted by Crippen LogP contribution is 2.15. The summed E-state index contributed by atoms with van der Waals surface area (Å²) in [6, 6.07) is 7.69. The first-order valence-electron chi connectivity index (χ1n) is 10.7. The second-order valence-electron chi connectivity index (χ2n) is 8.01. The van der Waals surface area contributed by atoms with Gasteiger partial charge in [-0.1, -0.05) is 17.7 Å². The van der Waals surface area contributed by atoms with E-state index in [1.54, 1.807) is 20.6 Å². The highest BCUT2D eigenvalue weighted by atomic mass is 16.2. The number of aryl methyl sites for hydroxylation is 1. The molecule has 2 aliphatic rings. The molecule has 0 saturated carbocycles. The summed E-state index contributed by atoms with van der Waals surface area (Å²) in [5, 5.41) is 2.91. The first-order valence-corrected chi connectivity index (χ1v) is 10.7. The monoisotopic (exact) mass is 424 g/mol. The minimum Gasteiger partial charge on any atom is -0.335 e. The van der Waals surface area contributed by atoms with E-state index in [4.69, 9.17) is 0 Å². The maximum absolute atomic E-state index is 12.9. The van der Waals surface area contributed by atoms with E-state index in [0.29, 0.717) is 57.3 Å². The molecule has 0 bridgehead atoms. The van der Waals surface area contributed by atoms with E-state index in [0.717, 1.165) is 11.3 Å². The van der Waals surface area contributed by atoms with E-state index in [9.17, 15) is 14.4 Å². The second-order valence-corrected chi connectivity index (χ2v) is 8.01. The van der Waals surface area contributed by atoms with Crippen LogP contribution in [0.15, 0.2) is 30.5 Å². The number of likely N-dealkylation sites (N-methyl/N-ethyl adjacent to an activating group) is 1. The molecule has 1 aromatic carbocycles. The van der Waals surface area contributed by atoms with Gasteiger partial charge in [-0.15, -0.1) is 0 Å². The molecule has 0 unspecified atom stereocenters. The van der Waals surface area contributed by atoms with Gasteiger partial charge in [0, 0.05) is 57.7 Å². The van der Waals surface area contributed by atoms with Gasteiger partial charge in [-0.05, 0) is 26.0 Å². The van der Waals surface area contributed by atoms with Crippen LogP contribution in [-0.4, -0.2) is 87.8 Å². The molecule has 31 heavy (non-hydrogen) atoms. The van der Waals surface area contributed by atoms with Crippen LogP contribution >= 0.6 is 0 Å². The number of carbonyl (C=O) groups excluding carboxylic acids is 3. The summed E-state index contributed by atoms with van der Waals surface area (Å²) in [6.45, 7) is 8.42. The second kappa shape index (κ2) is 8.89. The van der Waals surface area contributed by atoms with Crippen LogP contribution in [0.25, 0.3) is 0 Å². The number of amides is 3. The third-order valence-corrected chi connectivity index (χ3v) is 5.83. The number of hydrogen-bond donors (Lipinski definition) is 1. The van der Waals surface area contributed by atoms with Crippen LogP contribution in [0.2, 0.25) is 0 Å². The number of nitrogens with zero attached hydrogens (tertiary/aromatic N) is 5. The van der Waals surface area contributed by atoms with Crippen molar-refractivity contribution in [3.8, 4) is 0 Å². The lowest BCUT2D eigenvalue weighted by atomic mass is 10.2. The van der Waals surface area contributed by atoms with Gasteiger partial charge in [0.25, 0.3) is 11.8 Å². The van der Waals surface area contributed by atoms with Crippen molar-refractivity contribution >= 4 is 23.4 Å². The SMILES string of the molecule is CCN1CCn2cc(C(=O)N3CCN(CC(=O)Nc4ccc(C)cc4)CC3)nc2C1=O. The van der Waals surface area contributed by atoms with Gasteiger partial charge in [-0.2, -0.15) is 0 Å². The number of aromatic nitrogens is 2. The lowest BCUT2D eigenvalue weighted by Crippen LogP contribution is -2.50. The van der Waals surface area contributed by atoms with Crippen molar-refractivity contribution in [2.24, 2.45) is 0 Å². The Morgan fingerprint density at radius 1 is 1.03 bits per heavy atom. The maximum Gasteiger partial charge on any atom is 0.289 e. The molecule has 1 saturated heterocycles. The number of anilines is 1. The van der Waals surface area contributed by atoms with E-state index in [-0.39, 0.29) is 24.3 Å². The van der Waals surface area contributed by atoms with Gasteiger partial charge in [0.1, 0.15) is 5.69 Å². The number of hydrogen-bond acceptors (Lipinski definition) is 5. The third-order valence-electron chi connectivity index (χ3n) is 5.83. The molecule has 164 valence electrons. The van der Waals surface area contributed by atoms with Crippen molar-refractivity contribution in [2.45, 2.75) is 20.4 Å². The Morgan fingerprint density at radius 3 is 2.42 bits per heavy atom. The normalized spacial score (nSPS) is 16.9. The van der Waals surface area contributed by atoms with Crippen molar-refractivity contribution in [2.75, 3.05) is 51.1 Å². The molecule has 3 heterocycles. The Balaban J connectivity index is 1.30. The number of rotatable bonds is 5. The van der Waals surface area contributed by atoms with E-state index in [2.05, 4.69) is 10.3 Å². The fourth-order valence-corrected chi connectivity index (χ4v) is 3.94. The standard InChI is InChI=1S/C22H28N6O3/c1-3-26-12-13-28-14-18(24-20(28)22(26)31)21(30)27-10-8-25(9-11-27)15-19(29)23-17-6-4-16(2)5-7-17/h4-7,14H,3,8-13,15H2,1-2H3,(H,23,29). The van der Waals surface area contributed by atoms with Crippen molar-refractivity contribution in [3.63, 3.8) is 0 Å². The van der Waals surface area contributed by atoms with Crippen LogP contribution in [0.3, 0.4) is 0 Å². The summed E-state index contributed by atoms with van der Waals surface area (Å²) in [6.07, 6.45) is 1.68. The van der Waals surface area contributed by atoms with Gasteiger partial charge in [0.05, 0.1) is 6.54 Å². The molecule has 0 aliphatic carbocycles. The van der Waals surface area contributed by atoms with Crippen molar-refractivity contribution < 1.29 is 14.4 Å². The Bertz CT molecular complexity index is 976. The summed E-state index contributed by atoms with van der Waals surface area (Å²) < 4.78 is 1.77. The van der Waals surface area contributed by atoms with Gasteiger partial charge >= 0.3 is 0 Å². The number of piperazine rings is 1. The fraction of sp³-hybridized carbons (Fsp3) is 0.455. The molecule has 3 amide bonds. The van der Waals surface area contributed by atoms with Crippen LogP contribution in [-0.2, 0) is 11.3 Å². The molecule has 1 fully saturated rings. The van der Waals surface area contributed by atoms with E-state index >= 15 is 0 Å². The van der Waals surface area contributed by atoms with Gasteiger partial charge in [0.2, 0.25) is 5.91 Å². The zero-order valence-electron chi connectivity index (χ0n) is 18.0. The highest BCUT2D eigenvalue weighted by Gasteiger charge is 2.30. The molecule has 0 atom stereocenters. The van der Waals surface area contributed by atoms with Crippen molar-refractivity contribution in [1.29, 1.82) is 0 Å². The summed E-state index contributed by atoms with van der Waals surface area (Å²) in [5.74, 6) is -0.0222. The molecule has 1 aromatic heterocycles. The molecule has 0 radical (unpaired) electrons. The maximum atomic E-state index is 12.9. The number of fused-ring (bicyclic) bond motifs is 1. The van der Waals surface area contributed by atoms with E-state index < -0.39 is 0 Å². The molecular formula is C22H28N6O3. The van der Waals surface area contributed by atoms with Crippen LogP contribution in [0.5, 0.6) is 0 Å². The molecular weight excluding hydrogens is 396 g/mol. The summed E-state index contributed by atoms with van der Waals surface area (Å²) in [5.41, 5.74) is 2.24. The van der Waals surface area contributed by atoms with Gasteiger partial charge < -0.3 is 19.7 Å². The minimum absolute atomic E-state index is 0.0654. The van der Waals surface area contributed by atoms with Gasteiger partial charge in [0.15, 0.2) is 5.82 Å². The average Bonchev–Trinajstić information content (AvgIpc) is 3.21. The molecule has 0 spiro atoms. The molecule has 1 N–H and O–H groups in total. The zero-order chi connectivity index (χ0) is 22.0. The fourth-order valence-electron chi connectivity index (χ4n) is 3.94. The predicted molar refractivity (Wildman–Crippen MR) is 116 cm³/mol. The van der Waals surface area contributed by atoms with Crippen molar-refractivity contribution in [1.82, 2.24) is 24.3 Å². The van der Waals surface area contributed by atoms with Crippen LogP contribution in [0, 0.1) is 6.92 Å². The Labute approximate surface area is 181 Å². The Hall–Kier alpha value is -3.20. The Morgan fingerprint density at radius 2 is 1.74 bits per heavy atom. The van der Waals surface area contributed by atoms with Crippen LogP contribution < -0.4 is 5.32 Å². The molecule has 9 heteroatoms. The van der Waals surface area contributed by atoms with E-state index in [1.165, 1.54) is 0 Å². The summed E-state index contributed by atoms with van der Waals surface area (Å²) >= 11 is 0. The minimum atomic E-state index is -0.165. The van der Waals surface area contributed by atoms with Gasteiger partial charge in [-0.25, -0.2) is 4.98 Å². The predicted octanol–water partition coefficient (Wildman–Crippen LogP) is 1.06. The smallest absolute Gasteiger partial charge is 0.289 e. The number of benzene rings is 1. The quantitative estimate of drug-likeness (QED) is 0.775. The molecule has 2 aromatic rings. The first-order chi connectivity index (χ1) is 14.9. The lowest BCUT2D eigenvalue weighted by molar-refractivity contribution is -0.117. The first kappa shape index (κ1) is 21.0. The topological polar surface area (TPSA) is 90.8 Å². The summed E-state index contributed by atoms with van der Waals surface area (Å²) in [4.78, 5) is 47.5. The summed E-state index contributed by atoms with van der Waals surface area (Å²) in [7, 11) is 0. The Kier molecular flexibility index (Phi) is 6.03.